The van der Waals surface area contributed by atoms with Crippen LogP contribution in [0.1, 0.15) is 25.0 Å². The Bertz CT molecular complexity index is 1130. The summed E-state index contributed by atoms with van der Waals surface area (Å²) >= 11 is 6.34. The van der Waals surface area contributed by atoms with Crippen molar-refractivity contribution in [3.05, 3.63) is 83.1 Å². The summed E-state index contributed by atoms with van der Waals surface area (Å²) in [6.45, 7) is 3.28. The second-order valence-electron chi connectivity index (χ2n) is 7.41. The van der Waals surface area contributed by atoms with E-state index in [-0.39, 0.29) is 18.8 Å². The fourth-order valence-electron chi connectivity index (χ4n) is 3.21. The van der Waals surface area contributed by atoms with Crippen molar-refractivity contribution in [2.24, 2.45) is 0 Å². The molecule has 1 N–H and O–H groups in total. The van der Waals surface area contributed by atoms with Crippen LogP contribution in [0.15, 0.2) is 71.9 Å². The van der Waals surface area contributed by atoms with Gasteiger partial charge in [0.2, 0.25) is 10.0 Å². The minimum absolute atomic E-state index is 0.00404. The molecule has 1 saturated heterocycles. The van der Waals surface area contributed by atoms with Crippen molar-refractivity contribution in [3.8, 4) is 0 Å². The topological polar surface area (TPSA) is 92.8 Å². The summed E-state index contributed by atoms with van der Waals surface area (Å²) in [6.07, 6.45) is 0. The van der Waals surface area contributed by atoms with Crippen LogP contribution in [0.3, 0.4) is 0 Å². The van der Waals surface area contributed by atoms with Gasteiger partial charge in [-0.2, -0.15) is 0 Å². The Morgan fingerprint density at radius 1 is 1.03 bits per heavy atom. The molecule has 1 aliphatic rings. The van der Waals surface area contributed by atoms with Gasteiger partial charge in [-0.05, 0) is 30.5 Å². The van der Waals surface area contributed by atoms with Crippen LogP contribution >= 0.6 is 31.9 Å². The second-order valence-corrected chi connectivity index (χ2v) is 12.8. The highest BCUT2D eigenvalue weighted by Gasteiger charge is 2.66. The predicted octanol–water partition coefficient (Wildman–Crippen LogP) is 3.80. The normalized spacial score (nSPS) is 17.4. The van der Waals surface area contributed by atoms with Gasteiger partial charge < -0.3 is 4.74 Å². The zero-order chi connectivity index (χ0) is 23.5. The number of hydrogen-bond acceptors (Lipinski definition) is 5. The van der Waals surface area contributed by atoms with Gasteiger partial charge in [-0.25, -0.2) is 17.9 Å². The number of carbonyl (C=O) groups is 2. The average Bonchev–Trinajstić information content (AvgIpc) is 2.76. The lowest BCUT2D eigenvalue weighted by atomic mass is 10.1. The van der Waals surface area contributed by atoms with Crippen LogP contribution in [0.5, 0.6) is 0 Å². The zero-order valence-electron chi connectivity index (χ0n) is 17.4. The Morgan fingerprint density at radius 2 is 1.56 bits per heavy atom. The molecule has 3 rings (SSSR count). The van der Waals surface area contributed by atoms with E-state index in [0.717, 1.165) is 16.0 Å². The molecule has 1 atom stereocenters. The molecule has 0 unspecified atom stereocenters. The monoisotopic (exact) mass is 584 g/mol. The Hall–Kier alpha value is -2.01. The Kier molecular flexibility index (Phi) is 7.59. The summed E-state index contributed by atoms with van der Waals surface area (Å²) in [5, 5.41) is -1.40. The maximum atomic E-state index is 13.1. The minimum atomic E-state index is -4.07. The quantitative estimate of drug-likeness (QED) is 0.220. The number of β-lactam (4-membered cyclic amide) rings is 1. The van der Waals surface area contributed by atoms with Gasteiger partial charge in [0.1, 0.15) is 12.3 Å². The van der Waals surface area contributed by atoms with Crippen LogP contribution in [0.4, 0.5) is 0 Å². The Labute approximate surface area is 204 Å². The average molecular weight is 586 g/mol. The lowest BCUT2D eigenvalue weighted by Crippen LogP contribution is -2.72. The number of carbonyl (C=O) groups excluding carboxylic acids is 2. The number of ether oxygens (including phenoxy) is 1. The van der Waals surface area contributed by atoms with Gasteiger partial charge in [-0.3, -0.25) is 9.69 Å². The van der Waals surface area contributed by atoms with E-state index >= 15 is 0 Å². The third kappa shape index (κ3) is 5.14. The first-order chi connectivity index (χ1) is 15.1. The molecule has 1 heterocycles. The number of hydrogen-bond donors (Lipinski definition) is 1. The first kappa shape index (κ1) is 24.6. The molecule has 2 aromatic rings. The fourth-order valence-corrected chi connectivity index (χ4v) is 6.98. The van der Waals surface area contributed by atoms with Crippen LogP contribution in [0, 0.1) is 0 Å². The number of likely N-dealkylation sites (tertiary alicyclic amines) is 1. The standard InChI is InChI=1S/C22H22Br2N2O5S/c1-15(2)18(19(27)31-14-17-11-7-4-8-12-17)26-20(28)22(23,24)21(26)32(29,30)25-13-16-9-5-3-6-10-16/h3-12,21,25H,13-14H2,1-2H3/t21-/m1/s1. The number of sulfonamides is 1. The van der Waals surface area contributed by atoms with E-state index < -0.39 is 30.5 Å². The number of alkyl halides is 2. The number of esters is 1. The molecule has 0 saturated carbocycles. The van der Waals surface area contributed by atoms with Gasteiger partial charge in [0.25, 0.3) is 5.91 Å². The molecule has 0 aliphatic carbocycles. The minimum Gasteiger partial charge on any atom is -0.456 e. The first-order valence-corrected chi connectivity index (χ1v) is 12.8. The molecule has 0 aromatic heterocycles. The molecule has 10 heteroatoms. The molecular formula is C22H22Br2N2O5S. The van der Waals surface area contributed by atoms with Crippen molar-refractivity contribution in [3.63, 3.8) is 0 Å². The third-order valence-electron chi connectivity index (χ3n) is 4.78. The molecule has 0 bridgehead atoms. The van der Waals surface area contributed by atoms with Crippen LogP contribution < -0.4 is 4.72 Å². The number of nitrogens with zero attached hydrogens (tertiary/aromatic N) is 1. The lowest BCUT2D eigenvalue weighted by Gasteiger charge is -2.49. The first-order valence-electron chi connectivity index (χ1n) is 9.68. The largest absolute Gasteiger partial charge is 0.456 e. The molecule has 0 spiro atoms. The molecule has 1 amide bonds. The van der Waals surface area contributed by atoms with Crippen LogP contribution in [0.2, 0.25) is 0 Å². The SMILES string of the molecule is CC(C)=C(C(=O)OCc1ccccc1)N1C(=O)C(Br)(Br)[C@H]1S(=O)(=O)NCc1ccccc1. The van der Waals surface area contributed by atoms with Crippen molar-refractivity contribution in [2.45, 2.75) is 35.6 Å². The molecule has 170 valence electrons. The number of halogens is 2. The van der Waals surface area contributed by atoms with Crippen LogP contribution in [0.25, 0.3) is 0 Å². The highest BCUT2D eigenvalue weighted by molar-refractivity contribution is 9.26. The number of nitrogens with one attached hydrogen (secondary N) is 1. The number of rotatable bonds is 8. The highest BCUT2D eigenvalue weighted by Crippen LogP contribution is 2.49. The summed E-state index contributed by atoms with van der Waals surface area (Å²) in [5.41, 5.74) is 1.88. The zero-order valence-corrected chi connectivity index (χ0v) is 21.4. The molecule has 2 aromatic carbocycles. The summed E-state index contributed by atoms with van der Waals surface area (Å²) < 4.78 is 32.6. The third-order valence-corrected chi connectivity index (χ3v) is 8.63. The smallest absolute Gasteiger partial charge is 0.355 e. The number of amides is 1. The fraction of sp³-hybridized carbons (Fsp3) is 0.273. The summed E-state index contributed by atoms with van der Waals surface area (Å²) in [7, 11) is -4.07. The Morgan fingerprint density at radius 3 is 2.09 bits per heavy atom. The van der Waals surface area contributed by atoms with Gasteiger partial charge in [0.05, 0.1) is 0 Å². The molecule has 1 fully saturated rings. The maximum Gasteiger partial charge on any atom is 0.355 e. The van der Waals surface area contributed by atoms with E-state index in [1.54, 1.807) is 50.2 Å². The van der Waals surface area contributed by atoms with Crippen molar-refractivity contribution in [2.75, 3.05) is 0 Å². The van der Waals surface area contributed by atoms with Gasteiger partial charge >= 0.3 is 5.97 Å². The van der Waals surface area contributed by atoms with Crippen molar-refractivity contribution in [1.82, 2.24) is 9.62 Å². The van der Waals surface area contributed by atoms with Crippen molar-refractivity contribution in [1.29, 1.82) is 0 Å². The van der Waals surface area contributed by atoms with Crippen LogP contribution in [-0.2, 0) is 37.5 Å². The second kappa shape index (κ2) is 9.86. The van der Waals surface area contributed by atoms with E-state index in [4.69, 9.17) is 4.74 Å². The Balaban J connectivity index is 1.83. The molecule has 32 heavy (non-hydrogen) atoms. The van der Waals surface area contributed by atoms with Gasteiger partial charge in [-0.1, -0.05) is 92.5 Å². The van der Waals surface area contributed by atoms with Crippen molar-refractivity contribution < 1.29 is 22.7 Å². The van der Waals surface area contributed by atoms with E-state index in [9.17, 15) is 18.0 Å². The molecule has 1 aliphatic heterocycles. The lowest BCUT2D eigenvalue weighted by molar-refractivity contribution is -0.150. The molecule has 7 nitrogen and oxygen atoms in total. The van der Waals surface area contributed by atoms with Gasteiger partial charge in [0, 0.05) is 6.54 Å². The summed E-state index contributed by atoms with van der Waals surface area (Å²) in [4.78, 5) is 26.7. The number of benzene rings is 2. The van der Waals surface area contributed by atoms with E-state index in [0.29, 0.717) is 5.57 Å². The molecule has 0 radical (unpaired) electrons. The number of allylic oxidation sites excluding steroid dienone is 1. The predicted molar refractivity (Wildman–Crippen MR) is 128 cm³/mol. The van der Waals surface area contributed by atoms with Gasteiger partial charge in [-0.15, -0.1) is 0 Å². The summed E-state index contributed by atoms with van der Waals surface area (Å²) in [6, 6.07) is 18.1. The summed E-state index contributed by atoms with van der Waals surface area (Å²) in [5.74, 6) is -1.39. The molecular weight excluding hydrogens is 564 g/mol. The highest BCUT2D eigenvalue weighted by atomic mass is 79.9. The van der Waals surface area contributed by atoms with Crippen LogP contribution in [-0.4, -0.2) is 33.8 Å². The van der Waals surface area contributed by atoms with E-state index in [1.165, 1.54) is 0 Å². The van der Waals surface area contributed by atoms with E-state index in [2.05, 4.69) is 36.6 Å². The van der Waals surface area contributed by atoms with E-state index in [1.807, 2.05) is 24.3 Å². The van der Waals surface area contributed by atoms with Crippen molar-refractivity contribution >= 4 is 53.8 Å². The maximum absolute atomic E-state index is 13.1. The van der Waals surface area contributed by atoms with Gasteiger partial charge in [0.15, 0.2) is 8.61 Å².